The van der Waals surface area contributed by atoms with Gasteiger partial charge in [-0.25, -0.2) is 4.39 Å². The van der Waals surface area contributed by atoms with Gasteiger partial charge in [0.2, 0.25) is 5.91 Å². The fourth-order valence-corrected chi connectivity index (χ4v) is 2.08. The van der Waals surface area contributed by atoms with Crippen LogP contribution in [-0.2, 0) is 11.2 Å². The summed E-state index contributed by atoms with van der Waals surface area (Å²) in [5, 5.41) is 3.27. The van der Waals surface area contributed by atoms with Crippen LogP contribution >= 0.6 is 12.4 Å². The van der Waals surface area contributed by atoms with Crippen LogP contribution in [0.5, 0.6) is 0 Å². The molecule has 3 nitrogen and oxygen atoms in total. The van der Waals surface area contributed by atoms with Crippen molar-refractivity contribution < 1.29 is 9.18 Å². The van der Waals surface area contributed by atoms with Crippen LogP contribution < -0.4 is 5.32 Å². The van der Waals surface area contributed by atoms with Crippen molar-refractivity contribution in [1.82, 2.24) is 10.2 Å². The van der Waals surface area contributed by atoms with Crippen molar-refractivity contribution in [2.24, 2.45) is 0 Å². The number of benzene rings is 1. The number of amides is 1. The van der Waals surface area contributed by atoms with E-state index in [1.807, 2.05) is 6.92 Å². The molecular formula is C13H18ClFN2O. The highest BCUT2D eigenvalue weighted by atomic mass is 35.5. The number of nitrogens with one attached hydrogen (secondary N) is 1. The first kappa shape index (κ1) is 14.9. The Morgan fingerprint density at radius 1 is 1.50 bits per heavy atom. The van der Waals surface area contributed by atoms with Crippen LogP contribution in [0.2, 0.25) is 0 Å². The molecule has 5 heteroatoms. The lowest BCUT2D eigenvalue weighted by Crippen LogP contribution is -2.51. The molecule has 1 saturated heterocycles. The Kier molecular flexibility index (Phi) is 5.56. The molecule has 1 atom stereocenters. The van der Waals surface area contributed by atoms with E-state index in [0.29, 0.717) is 24.7 Å². The van der Waals surface area contributed by atoms with Crippen molar-refractivity contribution in [2.75, 3.05) is 19.6 Å². The summed E-state index contributed by atoms with van der Waals surface area (Å²) >= 11 is 0. The van der Waals surface area contributed by atoms with Crippen LogP contribution in [0.15, 0.2) is 24.3 Å². The van der Waals surface area contributed by atoms with E-state index in [-0.39, 0.29) is 30.6 Å². The molecule has 1 heterocycles. The van der Waals surface area contributed by atoms with Crippen molar-refractivity contribution >= 4 is 18.3 Å². The van der Waals surface area contributed by atoms with E-state index in [1.165, 1.54) is 6.07 Å². The first-order chi connectivity index (χ1) is 8.16. The summed E-state index contributed by atoms with van der Waals surface area (Å²) in [6, 6.07) is 6.76. The maximum absolute atomic E-state index is 13.4. The van der Waals surface area contributed by atoms with Gasteiger partial charge in [-0.05, 0) is 18.6 Å². The fourth-order valence-electron chi connectivity index (χ4n) is 2.08. The number of nitrogens with zero attached hydrogens (tertiary/aromatic N) is 1. The highest BCUT2D eigenvalue weighted by Gasteiger charge is 2.21. The number of carbonyl (C=O) groups is 1. The number of piperazine rings is 1. The van der Waals surface area contributed by atoms with Gasteiger partial charge in [-0.1, -0.05) is 18.2 Å². The predicted molar refractivity (Wildman–Crippen MR) is 71.4 cm³/mol. The van der Waals surface area contributed by atoms with Gasteiger partial charge in [0.15, 0.2) is 0 Å². The van der Waals surface area contributed by atoms with Crippen molar-refractivity contribution in [3.05, 3.63) is 35.6 Å². The minimum absolute atomic E-state index is 0. The Morgan fingerprint density at radius 3 is 2.89 bits per heavy atom. The fraction of sp³-hybridized carbons (Fsp3) is 0.462. The van der Waals surface area contributed by atoms with Crippen molar-refractivity contribution in [1.29, 1.82) is 0 Å². The third-order valence-electron chi connectivity index (χ3n) is 3.02. The molecule has 1 fully saturated rings. The molecule has 100 valence electrons. The average Bonchev–Trinajstić information content (AvgIpc) is 2.32. The molecule has 0 radical (unpaired) electrons. The molecule has 18 heavy (non-hydrogen) atoms. The minimum Gasteiger partial charge on any atom is -0.340 e. The van der Waals surface area contributed by atoms with Gasteiger partial charge in [-0.15, -0.1) is 12.4 Å². The lowest BCUT2D eigenvalue weighted by Gasteiger charge is -2.32. The molecule has 1 aromatic carbocycles. The minimum atomic E-state index is -0.302. The largest absolute Gasteiger partial charge is 0.340 e. The molecule has 0 spiro atoms. The van der Waals surface area contributed by atoms with E-state index in [0.717, 1.165) is 6.54 Å². The zero-order chi connectivity index (χ0) is 12.3. The van der Waals surface area contributed by atoms with E-state index in [2.05, 4.69) is 5.32 Å². The van der Waals surface area contributed by atoms with Gasteiger partial charge in [0.25, 0.3) is 0 Å². The van der Waals surface area contributed by atoms with Crippen LogP contribution in [0.3, 0.4) is 0 Å². The standard InChI is InChI=1S/C13H17FN2O.ClH/c1-10-9-16(7-6-15-10)13(17)8-11-4-2-3-5-12(11)14;/h2-5,10,15H,6-9H2,1H3;1H/t10-;/m0./s1. The van der Waals surface area contributed by atoms with E-state index in [4.69, 9.17) is 0 Å². The van der Waals surface area contributed by atoms with Crippen molar-refractivity contribution in [3.8, 4) is 0 Å². The second-order valence-corrected chi connectivity index (χ2v) is 4.46. The first-order valence-corrected chi connectivity index (χ1v) is 5.91. The van der Waals surface area contributed by atoms with E-state index in [9.17, 15) is 9.18 Å². The monoisotopic (exact) mass is 272 g/mol. The summed E-state index contributed by atoms with van der Waals surface area (Å²) in [6.07, 6.45) is 0.152. The summed E-state index contributed by atoms with van der Waals surface area (Å²) in [6.45, 7) is 4.26. The van der Waals surface area contributed by atoms with Crippen LogP contribution in [0, 0.1) is 5.82 Å². The molecule has 0 aromatic heterocycles. The zero-order valence-electron chi connectivity index (χ0n) is 10.4. The van der Waals surface area contributed by atoms with E-state index in [1.54, 1.807) is 23.1 Å². The number of carbonyl (C=O) groups excluding carboxylic acids is 1. The van der Waals surface area contributed by atoms with Gasteiger partial charge in [-0.3, -0.25) is 4.79 Å². The lowest BCUT2D eigenvalue weighted by atomic mass is 10.1. The smallest absolute Gasteiger partial charge is 0.227 e. The second kappa shape index (κ2) is 6.71. The molecule has 0 saturated carbocycles. The van der Waals surface area contributed by atoms with Crippen LogP contribution in [0.4, 0.5) is 4.39 Å². The third-order valence-corrected chi connectivity index (χ3v) is 3.02. The molecule has 1 aliphatic heterocycles. The van der Waals surface area contributed by atoms with Gasteiger partial charge >= 0.3 is 0 Å². The number of rotatable bonds is 2. The topological polar surface area (TPSA) is 32.3 Å². The Morgan fingerprint density at radius 2 is 2.22 bits per heavy atom. The molecule has 0 unspecified atom stereocenters. The normalized spacial score (nSPS) is 19.2. The Labute approximate surface area is 113 Å². The highest BCUT2D eigenvalue weighted by molar-refractivity contribution is 5.85. The molecular weight excluding hydrogens is 255 g/mol. The van der Waals surface area contributed by atoms with Gasteiger partial charge in [0.05, 0.1) is 6.42 Å². The average molecular weight is 273 g/mol. The summed E-state index contributed by atoms with van der Waals surface area (Å²) in [5.74, 6) is -0.299. The van der Waals surface area contributed by atoms with Crippen LogP contribution in [0.1, 0.15) is 12.5 Å². The Bertz CT molecular complexity index is 414. The zero-order valence-corrected chi connectivity index (χ0v) is 11.2. The molecule has 2 rings (SSSR count). The molecule has 1 aliphatic rings. The Hall–Kier alpha value is -1.13. The highest BCUT2D eigenvalue weighted by Crippen LogP contribution is 2.09. The quantitative estimate of drug-likeness (QED) is 0.887. The van der Waals surface area contributed by atoms with E-state index < -0.39 is 0 Å². The number of halogens is 2. The van der Waals surface area contributed by atoms with Crippen LogP contribution in [0.25, 0.3) is 0 Å². The summed E-state index contributed by atoms with van der Waals surface area (Å²) in [4.78, 5) is 13.8. The van der Waals surface area contributed by atoms with Gasteiger partial charge in [-0.2, -0.15) is 0 Å². The summed E-state index contributed by atoms with van der Waals surface area (Å²) < 4.78 is 13.4. The molecule has 0 aliphatic carbocycles. The summed E-state index contributed by atoms with van der Waals surface area (Å²) in [7, 11) is 0. The van der Waals surface area contributed by atoms with Crippen LogP contribution in [-0.4, -0.2) is 36.5 Å². The maximum atomic E-state index is 13.4. The SMILES string of the molecule is C[C@H]1CN(C(=O)Cc2ccccc2F)CCN1.Cl. The molecule has 1 aromatic rings. The number of hydrogen-bond donors (Lipinski definition) is 1. The third kappa shape index (κ3) is 3.68. The number of hydrogen-bond acceptors (Lipinski definition) is 2. The van der Waals surface area contributed by atoms with Gasteiger partial charge in [0, 0.05) is 25.7 Å². The van der Waals surface area contributed by atoms with Gasteiger partial charge < -0.3 is 10.2 Å². The Balaban J connectivity index is 0.00000162. The van der Waals surface area contributed by atoms with Crippen molar-refractivity contribution in [2.45, 2.75) is 19.4 Å². The predicted octanol–water partition coefficient (Wildman–Crippen LogP) is 1.61. The second-order valence-electron chi connectivity index (χ2n) is 4.46. The van der Waals surface area contributed by atoms with E-state index >= 15 is 0 Å². The molecule has 1 N–H and O–H groups in total. The maximum Gasteiger partial charge on any atom is 0.227 e. The molecule has 1 amide bonds. The summed E-state index contributed by atoms with van der Waals surface area (Å²) in [5.41, 5.74) is 0.476. The molecule has 0 bridgehead atoms. The van der Waals surface area contributed by atoms with Crippen molar-refractivity contribution in [3.63, 3.8) is 0 Å². The first-order valence-electron chi connectivity index (χ1n) is 5.91. The van der Waals surface area contributed by atoms with Gasteiger partial charge in [0.1, 0.15) is 5.82 Å². The lowest BCUT2D eigenvalue weighted by molar-refractivity contribution is -0.131.